The lowest BCUT2D eigenvalue weighted by atomic mass is 9.91. The minimum Gasteiger partial charge on any atom is -0.381 e. The Balaban J connectivity index is 1.75. The maximum absolute atomic E-state index is 5.56. The first-order valence-electron chi connectivity index (χ1n) is 8.37. The van der Waals surface area contributed by atoms with Crippen molar-refractivity contribution in [1.82, 2.24) is 10.2 Å². The van der Waals surface area contributed by atoms with Crippen LogP contribution in [0.3, 0.4) is 0 Å². The molecule has 0 amide bonds. The third-order valence-corrected chi connectivity index (χ3v) is 4.86. The van der Waals surface area contributed by atoms with Crippen LogP contribution in [-0.2, 0) is 4.74 Å². The molecule has 0 aromatic heterocycles. The van der Waals surface area contributed by atoms with Crippen LogP contribution in [-0.4, -0.2) is 50.3 Å². The lowest BCUT2D eigenvalue weighted by Crippen LogP contribution is -2.48. The highest BCUT2D eigenvalue weighted by Gasteiger charge is 2.28. The smallest absolute Gasteiger partial charge is 0.0510 e. The van der Waals surface area contributed by atoms with Crippen LogP contribution >= 0.6 is 0 Å². The Morgan fingerprint density at radius 2 is 2.00 bits per heavy atom. The van der Waals surface area contributed by atoms with Crippen molar-refractivity contribution in [2.24, 2.45) is 11.8 Å². The summed E-state index contributed by atoms with van der Waals surface area (Å²) in [6.07, 6.45) is 6.84. The molecule has 1 N–H and O–H groups in total. The van der Waals surface area contributed by atoms with E-state index in [0.717, 1.165) is 31.6 Å². The zero-order valence-corrected chi connectivity index (χ0v) is 12.9. The molecule has 2 rings (SSSR count). The fourth-order valence-electron chi connectivity index (χ4n) is 3.66. The van der Waals surface area contributed by atoms with E-state index >= 15 is 0 Å². The van der Waals surface area contributed by atoms with Crippen molar-refractivity contribution in [2.75, 3.05) is 39.4 Å². The number of piperidine rings is 1. The number of hydrogen-bond acceptors (Lipinski definition) is 3. The van der Waals surface area contributed by atoms with Crippen molar-refractivity contribution in [3.63, 3.8) is 0 Å². The standard InChI is InChI=1S/C16H32N2O/c1-3-5-14-6-9-18(10-7-14)12-16(17-4-2)15-8-11-19-13-15/h14-17H,3-13H2,1-2H3. The van der Waals surface area contributed by atoms with Crippen molar-refractivity contribution >= 4 is 0 Å². The van der Waals surface area contributed by atoms with Gasteiger partial charge in [-0.25, -0.2) is 0 Å². The van der Waals surface area contributed by atoms with Gasteiger partial charge in [-0.2, -0.15) is 0 Å². The van der Waals surface area contributed by atoms with Crippen molar-refractivity contribution in [3.05, 3.63) is 0 Å². The molecule has 2 aliphatic heterocycles. The molecule has 0 spiro atoms. The second-order valence-corrected chi connectivity index (χ2v) is 6.32. The normalized spacial score (nSPS) is 27.8. The van der Waals surface area contributed by atoms with E-state index in [1.807, 2.05) is 0 Å². The third-order valence-electron chi connectivity index (χ3n) is 4.86. The first kappa shape index (κ1) is 15.3. The van der Waals surface area contributed by atoms with E-state index in [1.54, 1.807) is 0 Å². The average molecular weight is 268 g/mol. The van der Waals surface area contributed by atoms with E-state index in [4.69, 9.17) is 4.74 Å². The maximum Gasteiger partial charge on any atom is 0.0510 e. The molecule has 0 radical (unpaired) electrons. The number of rotatable bonds is 7. The maximum atomic E-state index is 5.56. The Morgan fingerprint density at radius 1 is 1.21 bits per heavy atom. The Hall–Kier alpha value is -0.120. The first-order valence-corrected chi connectivity index (χ1v) is 8.37. The summed E-state index contributed by atoms with van der Waals surface area (Å²) in [7, 11) is 0. The number of nitrogens with one attached hydrogen (secondary N) is 1. The highest BCUT2D eigenvalue weighted by Crippen LogP contribution is 2.23. The van der Waals surface area contributed by atoms with Gasteiger partial charge in [-0.05, 0) is 44.8 Å². The van der Waals surface area contributed by atoms with Gasteiger partial charge < -0.3 is 15.0 Å². The summed E-state index contributed by atoms with van der Waals surface area (Å²) in [6, 6.07) is 0.634. The van der Waals surface area contributed by atoms with E-state index < -0.39 is 0 Å². The van der Waals surface area contributed by atoms with Crippen LogP contribution in [0.1, 0.15) is 46.0 Å². The number of nitrogens with zero attached hydrogens (tertiary/aromatic N) is 1. The number of hydrogen-bond donors (Lipinski definition) is 1. The zero-order valence-electron chi connectivity index (χ0n) is 12.9. The Morgan fingerprint density at radius 3 is 2.58 bits per heavy atom. The third kappa shape index (κ3) is 4.73. The second kappa shape index (κ2) is 8.23. The summed E-state index contributed by atoms with van der Waals surface area (Å²) in [5.74, 6) is 1.72. The Bertz CT molecular complexity index is 233. The highest BCUT2D eigenvalue weighted by molar-refractivity contribution is 4.84. The fourth-order valence-corrected chi connectivity index (χ4v) is 3.66. The van der Waals surface area contributed by atoms with Gasteiger partial charge in [-0.15, -0.1) is 0 Å². The topological polar surface area (TPSA) is 24.5 Å². The van der Waals surface area contributed by atoms with Gasteiger partial charge in [0.2, 0.25) is 0 Å². The summed E-state index contributed by atoms with van der Waals surface area (Å²) in [5, 5.41) is 3.69. The van der Waals surface area contributed by atoms with Crippen molar-refractivity contribution in [3.8, 4) is 0 Å². The SMILES string of the molecule is CCCC1CCN(CC(NCC)C2CCOC2)CC1. The molecule has 3 heteroatoms. The van der Waals surface area contributed by atoms with Crippen LogP contribution in [0.4, 0.5) is 0 Å². The molecule has 3 nitrogen and oxygen atoms in total. The van der Waals surface area contributed by atoms with Gasteiger partial charge in [-0.3, -0.25) is 0 Å². The molecule has 0 aromatic rings. The van der Waals surface area contributed by atoms with Crippen molar-refractivity contribution < 1.29 is 4.74 Å². The van der Waals surface area contributed by atoms with Gasteiger partial charge in [0.25, 0.3) is 0 Å². The molecule has 0 aliphatic carbocycles. The van der Waals surface area contributed by atoms with Crippen LogP contribution in [0.2, 0.25) is 0 Å². The monoisotopic (exact) mass is 268 g/mol. The molecule has 2 fully saturated rings. The molecular weight excluding hydrogens is 236 g/mol. The summed E-state index contributed by atoms with van der Waals surface area (Å²) >= 11 is 0. The Labute approximate surface area is 119 Å². The van der Waals surface area contributed by atoms with Crippen LogP contribution in [0.25, 0.3) is 0 Å². The zero-order chi connectivity index (χ0) is 13.5. The minimum absolute atomic E-state index is 0.634. The van der Waals surface area contributed by atoms with E-state index in [1.165, 1.54) is 51.7 Å². The fraction of sp³-hybridized carbons (Fsp3) is 1.00. The lowest BCUT2D eigenvalue weighted by Gasteiger charge is -2.36. The van der Waals surface area contributed by atoms with Gasteiger partial charge in [0.05, 0.1) is 6.61 Å². The summed E-state index contributed by atoms with van der Waals surface area (Å²) in [6.45, 7) is 11.4. The van der Waals surface area contributed by atoms with E-state index in [9.17, 15) is 0 Å². The van der Waals surface area contributed by atoms with Gasteiger partial charge in [-0.1, -0.05) is 26.7 Å². The highest BCUT2D eigenvalue weighted by atomic mass is 16.5. The quantitative estimate of drug-likeness (QED) is 0.768. The van der Waals surface area contributed by atoms with E-state index in [-0.39, 0.29) is 0 Å². The lowest BCUT2D eigenvalue weighted by molar-refractivity contribution is 0.135. The van der Waals surface area contributed by atoms with Crippen molar-refractivity contribution in [1.29, 1.82) is 0 Å². The van der Waals surface area contributed by atoms with Crippen LogP contribution in [0.5, 0.6) is 0 Å². The van der Waals surface area contributed by atoms with Crippen molar-refractivity contribution in [2.45, 2.75) is 52.0 Å². The number of ether oxygens (including phenoxy) is 1. The predicted molar refractivity (Wildman–Crippen MR) is 80.5 cm³/mol. The molecular formula is C16H32N2O. The molecule has 19 heavy (non-hydrogen) atoms. The summed E-state index contributed by atoms with van der Waals surface area (Å²) in [5.41, 5.74) is 0. The molecule has 112 valence electrons. The molecule has 2 unspecified atom stereocenters. The summed E-state index contributed by atoms with van der Waals surface area (Å²) < 4.78 is 5.56. The van der Waals surface area contributed by atoms with E-state index in [2.05, 4.69) is 24.1 Å². The van der Waals surface area contributed by atoms with Crippen LogP contribution in [0.15, 0.2) is 0 Å². The number of likely N-dealkylation sites (N-methyl/N-ethyl adjacent to an activating group) is 1. The molecule has 2 aliphatic rings. The molecule has 0 aromatic carbocycles. The molecule has 0 saturated carbocycles. The first-order chi connectivity index (χ1) is 9.33. The molecule has 2 atom stereocenters. The van der Waals surface area contributed by atoms with Crippen LogP contribution < -0.4 is 5.32 Å². The molecule has 2 heterocycles. The number of likely N-dealkylation sites (tertiary alicyclic amines) is 1. The minimum atomic E-state index is 0.634. The Kier molecular flexibility index (Phi) is 6.62. The molecule has 0 bridgehead atoms. The second-order valence-electron chi connectivity index (χ2n) is 6.32. The summed E-state index contributed by atoms with van der Waals surface area (Å²) in [4.78, 5) is 2.68. The average Bonchev–Trinajstić information content (AvgIpc) is 2.95. The molecule has 2 saturated heterocycles. The van der Waals surface area contributed by atoms with E-state index in [0.29, 0.717) is 6.04 Å². The van der Waals surface area contributed by atoms with Gasteiger partial charge >= 0.3 is 0 Å². The van der Waals surface area contributed by atoms with Gasteiger partial charge in [0.1, 0.15) is 0 Å². The largest absolute Gasteiger partial charge is 0.381 e. The van der Waals surface area contributed by atoms with Crippen LogP contribution in [0, 0.1) is 11.8 Å². The predicted octanol–water partition coefficient (Wildman–Crippen LogP) is 2.51. The van der Waals surface area contributed by atoms with Gasteiger partial charge in [0, 0.05) is 25.1 Å². The van der Waals surface area contributed by atoms with Gasteiger partial charge in [0.15, 0.2) is 0 Å².